The summed E-state index contributed by atoms with van der Waals surface area (Å²) in [6.45, 7) is 9.35. The first-order valence-electron chi connectivity index (χ1n) is 6.23. The lowest BCUT2D eigenvalue weighted by Gasteiger charge is -2.01. The summed E-state index contributed by atoms with van der Waals surface area (Å²) in [4.78, 5) is 5.86. The predicted molar refractivity (Wildman–Crippen MR) is 77.7 cm³/mol. The van der Waals surface area contributed by atoms with Gasteiger partial charge in [-0.3, -0.25) is 9.67 Å². The second kappa shape index (κ2) is 5.32. The van der Waals surface area contributed by atoms with Crippen LogP contribution in [0.2, 0.25) is 0 Å². The number of hydrogen-bond donors (Lipinski definition) is 1. The second-order valence-electron chi connectivity index (χ2n) is 4.43. The van der Waals surface area contributed by atoms with Gasteiger partial charge in [-0.2, -0.15) is 5.10 Å². The molecule has 1 N–H and O–H groups in total. The zero-order chi connectivity index (χ0) is 13.3. The Morgan fingerprint density at radius 1 is 1.39 bits per heavy atom. The molecule has 6 heteroatoms. The number of nitrogens with zero attached hydrogens (tertiary/aromatic N) is 3. The molecular weight excluding hydrogens is 264 g/mol. The SMILES string of the molecule is CCc1nc(C(C)C)sc1-c1n[nH]c(=S)n1CC. The molecule has 0 radical (unpaired) electrons. The number of aromatic amines is 1. The molecule has 98 valence electrons. The first-order chi connectivity index (χ1) is 8.58. The Hall–Kier alpha value is -1.01. The van der Waals surface area contributed by atoms with Gasteiger partial charge in [-0.1, -0.05) is 20.8 Å². The first kappa shape index (κ1) is 13.4. The molecule has 0 aromatic carbocycles. The molecule has 0 saturated heterocycles. The Balaban J connectivity index is 2.59. The zero-order valence-electron chi connectivity index (χ0n) is 11.1. The third kappa shape index (κ3) is 2.27. The third-order valence-electron chi connectivity index (χ3n) is 2.82. The lowest BCUT2D eigenvalue weighted by molar-refractivity contribution is 0.755. The predicted octanol–water partition coefficient (Wildman–Crippen LogP) is 3.77. The van der Waals surface area contributed by atoms with Gasteiger partial charge in [0, 0.05) is 12.5 Å². The van der Waals surface area contributed by atoms with Crippen molar-refractivity contribution < 1.29 is 0 Å². The summed E-state index contributed by atoms with van der Waals surface area (Å²) in [5.74, 6) is 1.37. The van der Waals surface area contributed by atoms with E-state index in [0.717, 1.165) is 29.4 Å². The Morgan fingerprint density at radius 3 is 2.67 bits per heavy atom. The molecule has 2 aromatic heterocycles. The Bertz CT molecular complexity index is 591. The van der Waals surface area contributed by atoms with Crippen molar-refractivity contribution in [1.82, 2.24) is 19.7 Å². The second-order valence-corrected chi connectivity index (χ2v) is 5.85. The minimum absolute atomic E-state index is 0.450. The van der Waals surface area contributed by atoms with E-state index in [9.17, 15) is 0 Å². The van der Waals surface area contributed by atoms with Gasteiger partial charge in [0.25, 0.3) is 0 Å². The monoisotopic (exact) mass is 282 g/mol. The molecule has 2 rings (SSSR count). The molecule has 0 amide bonds. The van der Waals surface area contributed by atoms with Gasteiger partial charge < -0.3 is 0 Å². The molecule has 0 fully saturated rings. The van der Waals surface area contributed by atoms with Crippen LogP contribution >= 0.6 is 23.6 Å². The maximum absolute atomic E-state index is 5.24. The summed E-state index contributed by atoms with van der Waals surface area (Å²) in [7, 11) is 0. The van der Waals surface area contributed by atoms with E-state index in [4.69, 9.17) is 17.2 Å². The van der Waals surface area contributed by atoms with Crippen LogP contribution in [-0.2, 0) is 13.0 Å². The number of rotatable bonds is 4. The standard InChI is InChI=1S/C12H18N4S2/c1-5-8-9(18-11(13-8)7(3)4)10-14-15-12(17)16(10)6-2/h7H,5-6H2,1-4H3,(H,15,17). The Morgan fingerprint density at radius 2 is 2.11 bits per heavy atom. The van der Waals surface area contributed by atoms with E-state index < -0.39 is 0 Å². The summed E-state index contributed by atoms with van der Waals surface area (Å²) >= 11 is 6.97. The van der Waals surface area contributed by atoms with Crippen LogP contribution in [-0.4, -0.2) is 19.7 Å². The fraction of sp³-hybridized carbons (Fsp3) is 0.583. The first-order valence-corrected chi connectivity index (χ1v) is 7.46. The molecule has 0 atom stereocenters. The van der Waals surface area contributed by atoms with E-state index >= 15 is 0 Å². The molecular formula is C12H18N4S2. The average molecular weight is 282 g/mol. The number of nitrogens with one attached hydrogen (secondary N) is 1. The van der Waals surface area contributed by atoms with Crippen molar-refractivity contribution in [3.63, 3.8) is 0 Å². The van der Waals surface area contributed by atoms with Gasteiger partial charge in [0.05, 0.1) is 15.6 Å². The summed E-state index contributed by atoms with van der Waals surface area (Å²) < 4.78 is 2.70. The molecule has 0 bridgehead atoms. The highest BCUT2D eigenvalue weighted by atomic mass is 32.1. The molecule has 0 unspecified atom stereocenters. The van der Waals surface area contributed by atoms with Gasteiger partial charge in [0.1, 0.15) is 0 Å². The number of thiazole rings is 1. The number of H-pyrrole nitrogens is 1. The van der Waals surface area contributed by atoms with Crippen molar-refractivity contribution >= 4 is 23.6 Å². The normalized spacial score (nSPS) is 11.4. The van der Waals surface area contributed by atoms with E-state index in [0.29, 0.717) is 10.7 Å². The molecule has 0 saturated carbocycles. The third-order valence-corrected chi connectivity index (χ3v) is 4.53. The van der Waals surface area contributed by atoms with E-state index in [-0.39, 0.29) is 0 Å². The van der Waals surface area contributed by atoms with Gasteiger partial charge in [0.2, 0.25) is 0 Å². The van der Waals surface area contributed by atoms with Crippen LogP contribution in [0.4, 0.5) is 0 Å². The summed E-state index contributed by atoms with van der Waals surface area (Å²) in [6.07, 6.45) is 0.919. The van der Waals surface area contributed by atoms with Crippen molar-refractivity contribution in [2.75, 3.05) is 0 Å². The van der Waals surface area contributed by atoms with Crippen molar-refractivity contribution in [3.8, 4) is 10.7 Å². The molecule has 4 nitrogen and oxygen atoms in total. The van der Waals surface area contributed by atoms with Crippen LogP contribution in [0.3, 0.4) is 0 Å². The summed E-state index contributed by atoms with van der Waals surface area (Å²) in [6, 6.07) is 0. The smallest absolute Gasteiger partial charge is 0.195 e. The van der Waals surface area contributed by atoms with Crippen LogP contribution in [0.1, 0.15) is 44.3 Å². The molecule has 2 aromatic rings. The van der Waals surface area contributed by atoms with E-state index in [1.807, 2.05) is 4.57 Å². The quantitative estimate of drug-likeness (QED) is 0.868. The maximum Gasteiger partial charge on any atom is 0.195 e. The van der Waals surface area contributed by atoms with Crippen molar-refractivity contribution in [1.29, 1.82) is 0 Å². The van der Waals surface area contributed by atoms with Crippen LogP contribution in [0.15, 0.2) is 0 Å². The van der Waals surface area contributed by atoms with Gasteiger partial charge in [0.15, 0.2) is 10.6 Å². The number of aryl methyl sites for hydroxylation is 1. The highest BCUT2D eigenvalue weighted by molar-refractivity contribution is 7.71. The van der Waals surface area contributed by atoms with Gasteiger partial charge >= 0.3 is 0 Å². The summed E-state index contributed by atoms with van der Waals surface area (Å²) in [5.41, 5.74) is 1.12. The molecule has 0 aliphatic rings. The lowest BCUT2D eigenvalue weighted by Crippen LogP contribution is -1.98. The average Bonchev–Trinajstić information content (AvgIpc) is 2.91. The van der Waals surface area contributed by atoms with Crippen LogP contribution in [0, 0.1) is 4.77 Å². The molecule has 0 spiro atoms. The minimum atomic E-state index is 0.450. The van der Waals surface area contributed by atoms with Crippen molar-refractivity contribution in [3.05, 3.63) is 15.5 Å². The molecule has 2 heterocycles. The minimum Gasteiger partial charge on any atom is -0.300 e. The molecule has 0 aliphatic heterocycles. The van der Waals surface area contributed by atoms with Crippen molar-refractivity contribution in [2.24, 2.45) is 0 Å². The summed E-state index contributed by atoms with van der Waals surface area (Å²) in [5, 5.41) is 8.39. The fourth-order valence-corrected chi connectivity index (χ4v) is 3.23. The van der Waals surface area contributed by atoms with Gasteiger partial charge in [-0.05, 0) is 25.6 Å². The fourth-order valence-electron chi connectivity index (χ4n) is 1.82. The largest absolute Gasteiger partial charge is 0.300 e. The van der Waals surface area contributed by atoms with E-state index in [1.54, 1.807) is 11.3 Å². The Labute approximate surface area is 116 Å². The van der Waals surface area contributed by atoms with E-state index in [1.165, 1.54) is 5.01 Å². The van der Waals surface area contributed by atoms with Crippen LogP contribution in [0.5, 0.6) is 0 Å². The van der Waals surface area contributed by atoms with Gasteiger partial charge in [-0.25, -0.2) is 4.98 Å². The number of aromatic nitrogens is 4. The Kier molecular flexibility index (Phi) is 3.97. The van der Waals surface area contributed by atoms with Gasteiger partial charge in [-0.15, -0.1) is 11.3 Å². The molecule has 0 aliphatic carbocycles. The van der Waals surface area contributed by atoms with Crippen LogP contribution < -0.4 is 0 Å². The highest BCUT2D eigenvalue weighted by Crippen LogP contribution is 2.32. The lowest BCUT2D eigenvalue weighted by atomic mass is 10.2. The maximum atomic E-state index is 5.24. The van der Waals surface area contributed by atoms with Crippen molar-refractivity contribution in [2.45, 2.75) is 46.6 Å². The topological polar surface area (TPSA) is 46.5 Å². The highest BCUT2D eigenvalue weighted by Gasteiger charge is 2.18. The number of hydrogen-bond acceptors (Lipinski definition) is 4. The zero-order valence-corrected chi connectivity index (χ0v) is 12.8. The van der Waals surface area contributed by atoms with E-state index in [2.05, 4.69) is 37.9 Å². The van der Waals surface area contributed by atoms with Crippen LogP contribution in [0.25, 0.3) is 10.7 Å². The molecule has 18 heavy (non-hydrogen) atoms.